The van der Waals surface area contributed by atoms with Crippen LogP contribution in [0.15, 0.2) is 52.9 Å². The number of nitrogens with zero attached hydrogens (tertiary/aromatic N) is 1. The van der Waals surface area contributed by atoms with Gasteiger partial charge in [-0.15, -0.1) is 11.3 Å². The first-order valence-corrected chi connectivity index (χ1v) is 7.44. The maximum atomic E-state index is 5.77. The zero-order chi connectivity index (χ0) is 12.4. The van der Waals surface area contributed by atoms with Crippen molar-refractivity contribution in [3.05, 3.63) is 54.1 Å². The monoisotopic (exact) mass is 272 g/mol. The van der Waals surface area contributed by atoms with E-state index in [4.69, 9.17) is 5.73 Å². The Morgan fingerprint density at radius 2 is 2.00 bits per heavy atom. The van der Waals surface area contributed by atoms with Crippen LogP contribution in [-0.2, 0) is 5.75 Å². The predicted molar refractivity (Wildman–Crippen MR) is 80.0 cm³/mol. The fourth-order valence-electron chi connectivity index (χ4n) is 1.74. The molecule has 0 spiro atoms. The molecule has 0 atom stereocenters. The lowest BCUT2D eigenvalue weighted by atomic mass is 10.2. The van der Waals surface area contributed by atoms with Crippen LogP contribution in [0.4, 0.5) is 5.69 Å². The molecule has 0 saturated heterocycles. The van der Waals surface area contributed by atoms with Crippen molar-refractivity contribution in [1.29, 1.82) is 0 Å². The van der Waals surface area contributed by atoms with Gasteiger partial charge in [0.25, 0.3) is 0 Å². The summed E-state index contributed by atoms with van der Waals surface area (Å²) in [6.45, 7) is 0. The Labute approximate surface area is 114 Å². The summed E-state index contributed by atoms with van der Waals surface area (Å²) in [5.41, 5.74) is 8.90. The van der Waals surface area contributed by atoms with Gasteiger partial charge in [0.2, 0.25) is 0 Å². The molecule has 18 heavy (non-hydrogen) atoms. The van der Waals surface area contributed by atoms with E-state index in [9.17, 15) is 0 Å². The third-order valence-corrected chi connectivity index (χ3v) is 4.84. The second-order valence-electron chi connectivity index (χ2n) is 3.98. The number of hydrogen-bond acceptors (Lipinski definition) is 4. The van der Waals surface area contributed by atoms with Gasteiger partial charge in [0.15, 0.2) is 4.34 Å². The molecule has 2 aromatic carbocycles. The van der Waals surface area contributed by atoms with Crippen LogP contribution in [0.25, 0.3) is 10.2 Å². The zero-order valence-corrected chi connectivity index (χ0v) is 11.3. The second kappa shape index (κ2) is 5.00. The van der Waals surface area contributed by atoms with E-state index in [-0.39, 0.29) is 0 Å². The van der Waals surface area contributed by atoms with E-state index in [2.05, 4.69) is 23.2 Å². The molecule has 1 aromatic heterocycles. The molecule has 3 rings (SSSR count). The Kier molecular flexibility index (Phi) is 3.21. The number of aromatic nitrogens is 1. The van der Waals surface area contributed by atoms with Gasteiger partial charge in [0.1, 0.15) is 0 Å². The zero-order valence-electron chi connectivity index (χ0n) is 9.67. The summed E-state index contributed by atoms with van der Waals surface area (Å²) in [5.74, 6) is 0.908. The van der Waals surface area contributed by atoms with Crippen LogP contribution in [0.5, 0.6) is 0 Å². The highest BCUT2D eigenvalue weighted by Gasteiger charge is 2.04. The first kappa shape index (κ1) is 11.6. The quantitative estimate of drug-likeness (QED) is 0.574. The van der Waals surface area contributed by atoms with Crippen molar-refractivity contribution in [2.24, 2.45) is 0 Å². The minimum Gasteiger partial charge on any atom is -0.399 e. The molecular weight excluding hydrogens is 260 g/mol. The van der Waals surface area contributed by atoms with Gasteiger partial charge in [-0.05, 0) is 29.8 Å². The molecule has 0 fully saturated rings. The van der Waals surface area contributed by atoms with Crippen molar-refractivity contribution in [3.8, 4) is 0 Å². The van der Waals surface area contributed by atoms with Crippen LogP contribution in [-0.4, -0.2) is 4.98 Å². The molecule has 0 unspecified atom stereocenters. The first-order valence-electron chi connectivity index (χ1n) is 5.64. The van der Waals surface area contributed by atoms with Crippen LogP contribution in [0, 0.1) is 0 Å². The average molecular weight is 272 g/mol. The number of fused-ring (bicyclic) bond motifs is 1. The molecule has 2 N–H and O–H groups in total. The number of nitrogen functional groups attached to an aromatic ring is 1. The van der Waals surface area contributed by atoms with Gasteiger partial charge in [-0.2, -0.15) is 0 Å². The SMILES string of the molecule is Nc1cccc(CSc2nc3ccccc3s2)c1. The number of thiazole rings is 1. The van der Waals surface area contributed by atoms with Crippen molar-refractivity contribution >= 4 is 39.0 Å². The summed E-state index contributed by atoms with van der Waals surface area (Å²) in [7, 11) is 0. The van der Waals surface area contributed by atoms with E-state index in [1.54, 1.807) is 23.1 Å². The minimum atomic E-state index is 0.817. The lowest BCUT2D eigenvalue weighted by Gasteiger charge is -1.99. The van der Waals surface area contributed by atoms with Gasteiger partial charge in [0, 0.05) is 11.4 Å². The van der Waals surface area contributed by atoms with E-state index in [1.807, 2.05) is 30.3 Å². The number of hydrogen-bond donors (Lipinski definition) is 1. The summed E-state index contributed by atoms with van der Waals surface area (Å²) in [4.78, 5) is 4.60. The maximum Gasteiger partial charge on any atom is 0.151 e. The van der Waals surface area contributed by atoms with Crippen molar-refractivity contribution in [3.63, 3.8) is 0 Å². The Bertz CT molecular complexity index is 643. The Morgan fingerprint density at radius 1 is 1.11 bits per heavy atom. The molecule has 1 heterocycles. The molecule has 2 nitrogen and oxygen atoms in total. The summed E-state index contributed by atoms with van der Waals surface area (Å²) in [6.07, 6.45) is 0. The highest BCUT2D eigenvalue weighted by Crippen LogP contribution is 2.31. The van der Waals surface area contributed by atoms with Gasteiger partial charge < -0.3 is 5.73 Å². The number of anilines is 1. The first-order chi connectivity index (χ1) is 8.81. The highest BCUT2D eigenvalue weighted by atomic mass is 32.2. The van der Waals surface area contributed by atoms with Gasteiger partial charge in [-0.25, -0.2) is 4.98 Å². The summed E-state index contributed by atoms with van der Waals surface area (Å²) >= 11 is 3.50. The van der Waals surface area contributed by atoms with Crippen molar-refractivity contribution in [2.45, 2.75) is 10.1 Å². The molecular formula is C14H12N2S2. The van der Waals surface area contributed by atoms with Gasteiger partial charge in [-0.1, -0.05) is 36.0 Å². The Morgan fingerprint density at radius 3 is 2.83 bits per heavy atom. The molecule has 0 aliphatic carbocycles. The molecule has 0 radical (unpaired) electrons. The topological polar surface area (TPSA) is 38.9 Å². The van der Waals surface area contributed by atoms with Gasteiger partial charge in [-0.3, -0.25) is 0 Å². The molecule has 4 heteroatoms. The standard InChI is InChI=1S/C14H12N2S2/c15-11-5-3-4-10(8-11)9-17-14-16-12-6-1-2-7-13(12)18-14/h1-8H,9,15H2. The largest absolute Gasteiger partial charge is 0.399 e. The molecule has 90 valence electrons. The summed E-state index contributed by atoms with van der Waals surface area (Å²) in [6, 6.07) is 16.2. The average Bonchev–Trinajstić information content (AvgIpc) is 2.79. The van der Waals surface area contributed by atoms with Gasteiger partial charge in [0.05, 0.1) is 10.2 Å². The molecule has 0 aliphatic rings. The highest BCUT2D eigenvalue weighted by molar-refractivity contribution is 8.00. The minimum absolute atomic E-state index is 0.817. The molecule has 0 amide bonds. The van der Waals surface area contributed by atoms with E-state index in [0.29, 0.717) is 0 Å². The van der Waals surface area contributed by atoms with Crippen molar-refractivity contribution in [1.82, 2.24) is 4.98 Å². The van der Waals surface area contributed by atoms with Gasteiger partial charge >= 0.3 is 0 Å². The number of rotatable bonds is 3. The number of para-hydroxylation sites is 1. The van der Waals surface area contributed by atoms with Crippen LogP contribution in [0.3, 0.4) is 0 Å². The van der Waals surface area contributed by atoms with Crippen molar-refractivity contribution < 1.29 is 0 Å². The summed E-state index contributed by atoms with van der Waals surface area (Å²) < 4.78 is 2.35. The van der Waals surface area contributed by atoms with E-state index in [1.165, 1.54) is 10.3 Å². The lowest BCUT2D eigenvalue weighted by Crippen LogP contribution is -1.86. The number of thioether (sulfide) groups is 1. The molecule has 0 aliphatic heterocycles. The molecule has 0 saturated carbocycles. The van der Waals surface area contributed by atoms with Crippen molar-refractivity contribution in [2.75, 3.05) is 5.73 Å². The lowest BCUT2D eigenvalue weighted by molar-refractivity contribution is 1.29. The van der Waals surface area contributed by atoms with E-state index < -0.39 is 0 Å². The maximum absolute atomic E-state index is 5.77. The third-order valence-electron chi connectivity index (χ3n) is 2.59. The number of benzene rings is 2. The second-order valence-corrected chi connectivity index (χ2v) is 6.23. The summed E-state index contributed by atoms with van der Waals surface area (Å²) in [5, 5.41) is 0. The molecule has 3 aromatic rings. The van der Waals surface area contributed by atoms with Crippen LogP contribution in [0.2, 0.25) is 0 Å². The smallest absolute Gasteiger partial charge is 0.151 e. The fraction of sp³-hybridized carbons (Fsp3) is 0.0714. The van der Waals surface area contributed by atoms with E-state index in [0.717, 1.165) is 21.3 Å². The van der Waals surface area contributed by atoms with Crippen LogP contribution < -0.4 is 5.73 Å². The van der Waals surface area contributed by atoms with Crippen LogP contribution >= 0.6 is 23.1 Å². The third kappa shape index (κ3) is 2.49. The van der Waals surface area contributed by atoms with E-state index >= 15 is 0 Å². The fourth-order valence-corrected chi connectivity index (χ4v) is 3.75. The molecule has 0 bridgehead atoms. The predicted octanol–water partition coefficient (Wildman–Crippen LogP) is 4.17. The number of nitrogens with two attached hydrogens (primary N) is 1. The van der Waals surface area contributed by atoms with Crippen LogP contribution in [0.1, 0.15) is 5.56 Å². The normalized spacial score (nSPS) is 10.9. The Hall–Kier alpha value is -1.52. The Balaban J connectivity index is 1.76.